The summed E-state index contributed by atoms with van der Waals surface area (Å²) < 4.78 is 95.1. The number of hydrogen-bond donors (Lipinski definition) is 3. The zero-order chi connectivity index (χ0) is 34.2. The highest BCUT2D eigenvalue weighted by molar-refractivity contribution is 7.92. The second-order valence-corrected chi connectivity index (χ2v) is 14.8. The van der Waals surface area contributed by atoms with Gasteiger partial charge < -0.3 is 30.0 Å². The fraction of sp³-hybridized carbons (Fsp3) is 0.267. The number of hydrogen-bond acceptors (Lipinski definition) is 12. The van der Waals surface area contributed by atoms with Crippen LogP contribution in [0, 0.1) is 41.2 Å². The monoisotopic (exact) mass is 705 g/mol. The van der Waals surface area contributed by atoms with E-state index in [9.17, 15) is 21.8 Å². The average molecular weight is 706 g/mol. The van der Waals surface area contributed by atoms with Gasteiger partial charge in [-0.05, 0) is 68.8 Å². The van der Waals surface area contributed by atoms with Gasteiger partial charge in [0.25, 0.3) is 10.0 Å². The van der Waals surface area contributed by atoms with Crippen LogP contribution >= 0.6 is 18.9 Å². The Hall–Kier alpha value is -4.28. The molecule has 1 aromatic heterocycles. The van der Waals surface area contributed by atoms with Crippen LogP contribution < -0.4 is 34.7 Å². The normalized spacial score (nSPS) is 11.6. The molecule has 248 valence electrons. The summed E-state index contributed by atoms with van der Waals surface area (Å²) in [7, 11) is -9.00. The second kappa shape index (κ2) is 15.5. The van der Waals surface area contributed by atoms with Crippen LogP contribution in [0.3, 0.4) is 0 Å². The van der Waals surface area contributed by atoms with Gasteiger partial charge in [0.2, 0.25) is 0 Å². The molecule has 0 bridgehead atoms. The van der Waals surface area contributed by atoms with Crippen LogP contribution in [0.15, 0.2) is 52.7 Å². The number of nitrogens with one attached hydrogen (secondary N) is 1. The second-order valence-electron chi connectivity index (χ2n) is 9.90. The van der Waals surface area contributed by atoms with E-state index in [4.69, 9.17) is 40.5 Å². The van der Waals surface area contributed by atoms with Gasteiger partial charge in [-0.1, -0.05) is 0 Å². The number of rotatable bonds is 16. The highest BCUT2D eigenvalue weighted by Gasteiger charge is 2.33. The van der Waals surface area contributed by atoms with Crippen molar-refractivity contribution >= 4 is 39.0 Å². The number of sulfonamides is 1. The summed E-state index contributed by atoms with van der Waals surface area (Å²) in [5.74, 6) is -1.87. The zero-order valence-electron chi connectivity index (χ0n) is 25.0. The maximum Gasteiger partial charge on any atom is 0.445 e. The number of nitriles is 2. The van der Waals surface area contributed by atoms with Crippen molar-refractivity contribution in [3.8, 4) is 35.1 Å². The third-order valence-corrected chi connectivity index (χ3v) is 11.5. The number of nitrogens with zero attached hydrogens (tertiary/aromatic N) is 2. The Morgan fingerprint density at radius 2 is 1.38 bits per heavy atom. The van der Waals surface area contributed by atoms with Gasteiger partial charge in [0.05, 0.1) is 24.3 Å². The minimum absolute atomic E-state index is 0.111. The number of benzene rings is 3. The first-order chi connectivity index (χ1) is 22.4. The minimum atomic E-state index is -4.61. The predicted octanol–water partition coefficient (Wildman–Crippen LogP) is 5.27. The Bertz CT molecular complexity index is 1940. The predicted molar refractivity (Wildman–Crippen MR) is 171 cm³/mol. The fourth-order valence-corrected chi connectivity index (χ4v) is 8.97. The summed E-state index contributed by atoms with van der Waals surface area (Å²) in [5.41, 5.74) is 10.9. The first kappa shape index (κ1) is 35.6. The molecule has 17 heteroatoms. The van der Waals surface area contributed by atoms with Gasteiger partial charge in [-0.2, -0.15) is 15.2 Å². The van der Waals surface area contributed by atoms with Crippen LogP contribution in [-0.4, -0.2) is 41.0 Å². The molecule has 4 aromatic rings. The van der Waals surface area contributed by atoms with Crippen LogP contribution in [0.4, 0.5) is 8.78 Å². The SMILES string of the molecule is Cc1c(S(=O)(=O)NCP(=O)(Oc2ccc(C#N)c(F)c2)Oc2ccc(C#N)c(F)c2)sc2cc(OCCCN)c(OCCCN)cc12. The van der Waals surface area contributed by atoms with Gasteiger partial charge in [-0.3, -0.25) is 0 Å². The topological polar surface area (TPSA) is 200 Å². The van der Waals surface area contributed by atoms with Crippen LogP contribution in [-0.2, 0) is 14.6 Å². The van der Waals surface area contributed by atoms with Crippen molar-refractivity contribution in [2.45, 2.75) is 24.0 Å². The van der Waals surface area contributed by atoms with Gasteiger partial charge in [-0.25, -0.2) is 21.8 Å². The van der Waals surface area contributed by atoms with Crippen LogP contribution in [0.25, 0.3) is 10.1 Å². The van der Waals surface area contributed by atoms with Gasteiger partial charge in [0, 0.05) is 28.3 Å². The molecule has 0 fully saturated rings. The van der Waals surface area contributed by atoms with Crippen molar-refractivity contribution in [2.24, 2.45) is 11.5 Å². The first-order valence-corrected chi connectivity index (χ1v) is 18.1. The lowest BCUT2D eigenvalue weighted by Gasteiger charge is -2.20. The fourth-order valence-electron chi connectivity index (χ4n) is 4.14. The van der Waals surface area contributed by atoms with Crippen molar-refractivity contribution in [2.75, 3.05) is 32.6 Å². The highest BCUT2D eigenvalue weighted by atomic mass is 32.2. The summed E-state index contributed by atoms with van der Waals surface area (Å²) in [6.45, 7) is 3.04. The lowest BCUT2D eigenvalue weighted by molar-refractivity contribution is 0.266. The zero-order valence-corrected chi connectivity index (χ0v) is 27.5. The molecule has 0 spiro atoms. The molecule has 0 aliphatic carbocycles. The van der Waals surface area contributed by atoms with Gasteiger partial charge >= 0.3 is 7.60 Å². The molecule has 0 atom stereocenters. The van der Waals surface area contributed by atoms with E-state index in [2.05, 4.69) is 4.72 Å². The third kappa shape index (κ3) is 8.75. The average Bonchev–Trinajstić information content (AvgIpc) is 3.36. The molecule has 0 aliphatic rings. The number of aryl methyl sites for hydroxylation is 1. The van der Waals surface area contributed by atoms with Crippen molar-refractivity contribution in [3.05, 3.63) is 76.9 Å². The molecule has 0 radical (unpaired) electrons. The van der Waals surface area contributed by atoms with Gasteiger partial charge in [-0.15, -0.1) is 11.3 Å². The summed E-state index contributed by atoms with van der Waals surface area (Å²) in [4.78, 5) is 0. The van der Waals surface area contributed by atoms with E-state index in [1.807, 2.05) is 0 Å². The Labute approximate surface area is 274 Å². The van der Waals surface area contributed by atoms with Crippen molar-refractivity contribution < 1.29 is 40.3 Å². The minimum Gasteiger partial charge on any atom is -0.490 e. The lowest BCUT2D eigenvalue weighted by atomic mass is 10.2. The molecular weight excluding hydrogens is 675 g/mol. The van der Waals surface area contributed by atoms with Crippen molar-refractivity contribution in [1.29, 1.82) is 10.5 Å². The molecule has 47 heavy (non-hydrogen) atoms. The summed E-state index contributed by atoms with van der Waals surface area (Å²) in [6.07, 6.45) is 0.204. The Balaban J connectivity index is 1.67. The number of fused-ring (bicyclic) bond motifs is 1. The molecule has 12 nitrogen and oxygen atoms in total. The molecule has 0 amide bonds. The van der Waals surface area contributed by atoms with Gasteiger partial charge in [0.1, 0.15) is 45.8 Å². The Kier molecular flexibility index (Phi) is 11.8. The molecule has 4 rings (SSSR count). The molecule has 0 unspecified atom stereocenters. The Morgan fingerprint density at radius 3 is 1.85 bits per heavy atom. The maximum atomic E-state index is 14.3. The molecule has 1 heterocycles. The van der Waals surface area contributed by atoms with E-state index in [0.717, 1.165) is 47.7 Å². The Morgan fingerprint density at radius 1 is 0.872 bits per heavy atom. The number of halogens is 2. The van der Waals surface area contributed by atoms with Crippen molar-refractivity contribution in [1.82, 2.24) is 4.72 Å². The van der Waals surface area contributed by atoms with Crippen LogP contribution in [0.2, 0.25) is 0 Å². The smallest absolute Gasteiger partial charge is 0.445 e. The summed E-state index contributed by atoms with van der Waals surface area (Å²) in [5, 5.41) is 18.6. The lowest BCUT2D eigenvalue weighted by Crippen LogP contribution is -2.27. The van der Waals surface area contributed by atoms with E-state index < -0.39 is 35.5 Å². The quantitative estimate of drug-likeness (QED) is 0.101. The molecule has 0 aliphatic heterocycles. The molecule has 3 aromatic carbocycles. The van der Waals surface area contributed by atoms with E-state index in [0.29, 0.717) is 66.3 Å². The van der Waals surface area contributed by atoms with E-state index in [1.165, 1.54) is 0 Å². The standard InChI is InChI=1S/C30H30F2N5O7PS2/c1-19-24-14-27(41-10-2-8-33)28(42-11-3-9-34)15-29(24)46-30(19)47(39,40)37-18-45(38,43-22-6-4-20(16-35)25(31)12-22)44-23-7-5-21(17-36)26(32)13-23/h4-7,12-15,37H,2-3,8-11,18,33-34H2,1H3. The molecule has 5 N–H and O–H groups in total. The third-order valence-electron chi connectivity index (χ3n) is 6.47. The van der Waals surface area contributed by atoms with E-state index >= 15 is 0 Å². The van der Waals surface area contributed by atoms with E-state index in [-0.39, 0.29) is 26.8 Å². The largest absolute Gasteiger partial charge is 0.490 e. The number of thiophene rings is 1. The molecular formula is C30H30F2N5O7PS2. The first-order valence-electron chi connectivity index (χ1n) is 14.0. The molecule has 0 saturated carbocycles. The highest BCUT2D eigenvalue weighted by Crippen LogP contribution is 2.49. The summed E-state index contributed by atoms with van der Waals surface area (Å²) >= 11 is 0.929. The number of ether oxygens (including phenoxy) is 2. The van der Waals surface area contributed by atoms with Crippen LogP contribution in [0.5, 0.6) is 23.0 Å². The van der Waals surface area contributed by atoms with Crippen LogP contribution in [0.1, 0.15) is 29.5 Å². The number of nitrogens with two attached hydrogens (primary N) is 2. The van der Waals surface area contributed by atoms with Crippen molar-refractivity contribution in [3.63, 3.8) is 0 Å². The summed E-state index contributed by atoms with van der Waals surface area (Å²) in [6, 6.07) is 12.6. The van der Waals surface area contributed by atoms with Gasteiger partial charge in [0.15, 0.2) is 11.5 Å². The molecule has 0 saturated heterocycles. The maximum absolute atomic E-state index is 14.3. The van der Waals surface area contributed by atoms with E-state index in [1.54, 1.807) is 31.2 Å².